The first-order valence-electron chi connectivity index (χ1n) is 4.57. The highest BCUT2D eigenvalue weighted by atomic mass is 32.2. The summed E-state index contributed by atoms with van der Waals surface area (Å²) >= 11 is 1.80. The summed E-state index contributed by atoms with van der Waals surface area (Å²) in [5.74, 6) is 2.03. The van der Waals surface area contributed by atoms with Crippen molar-refractivity contribution in [1.82, 2.24) is 0 Å². The average Bonchev–Trinajstić information content (AvgIpc) is 2.19. The molecule has 0 saturated carbocycles. The fourth-order valence-electron chi connectivity index (χ4n) is 1.06. The number of hydrogen-bond acceptors (Lipinski definition) is 2. The molecular formula is C11H16OS. The van der Waals surface area contributed by atoms with Gasteiger partial charge in [0.25, 0.3) is 0 Å². The Labute approximate surface area is 84.5 Å². The Balaban J connectivity index is 2.40. The van der Waals surface area contributed by atoms with Crippen LogP contribution in [-0.4, -0.2) is 18.6 Å². The molecule has 0 aliphatic rings. The second-order valence-electron chi connectivity index (χ2n) is 2.84. The lowest BCUT2D eigenvalue weighted by Crippen LogP contribution is -1.99. The molecule has 13 heavy (non-hydrogen) atoms. The smallest absolute Gasteiger partial charge is 0.119 e. The lowest BCUT2D eigenvalue weighted by molar-refractivity contribution is 0.344. The molecule has 0 amide bonds. The van der Waals surface area contributed by atoms with Crippen molar-refractivity contribution < 1.29 is 4.74 Å². The van der Waals surface area contributed by atoms with E-state index in [4.69, 9.17) is 4.74 Å². The number of hydrogen-bond donors (Lipinski definition) is 0. The molecule has 0 heterocycles. The largest absolute Gasteiger partial charge is 0.493 e. The summed E-state index contributed by atoms with van der Waals surface area (Å²) in [5, 5.41) is 0. The van der Waals surface area contributed by atoms with Gasteiger partial charge in [-0.25, -0.2) is 0 Å². The van der Waals surface area contributed by atoms with E-state index in [0.29, 0.717) is 0 Å². The van der Waals surface area contributed by atoms with E-state index in [-0.39, 0.29) is 0 Å². The van der Waals surface area contributed by atoms with E-state index in [0.717, 1.165) is 24.5 Å². The highest BCUT2D eigenvalue weighted by molar-refractivity contribution is 7.98. The molecule has 0 unspecified atom stereocenters. The summed E-state index contributed by atoms with van der Waals surface area (Å²) in [6.07, 6.45) is 3.18. The number of rotatable bonds is 5. The molecule has 0 bridgehead atoms. The van der Waals surface area contributed by atoms with Crippen LogP contribution in [0.3, 0.4) is 0 Å². The Morgan fingerprint density at radius 1 is 1.23 bits per heavy atom. The Bertz CT molecular complexity index is 230. The van der Waals surface area contributed by atoms with Crippen LogP contribution in [0.5, 0.6) is 5.75 Å². The zero-order valence-corrected chi connectivity index (χ0v) is 9.06. The molecule has 0 saturated heterocycles. The first-order chi connectivity index (χ1) is 6.36. The van der Waals surface area contributed by atoms with Crippen molar-refractivity contribution in [2.45, 2.75) is 13.3 Å². The number of thioether (sulfide) groups is 1. The second-order valence-corrected chi connectivity index (χ2v) is 3.82. The van der Waals surface area contributed by atoms with Crippen molar-refractivity contribution in [3.05, 3.63) is 29.8 Å². The minimum absolute atomic E-state index is 0.798. The monoisotopic (exact) mass is 196 g/mol. The summed E-state index contributed by atoms with van der Waals surface area (Å²) in [6.45, 7) is 2.95. The molecule has 0 spiro atoms. The van der Waals surface area contributed by atoms with Crippen LogP contribution in [0.1, 0.15) is 12.5 Å². The fraction of sp³-hybridized carbons (Fsp3) is 0.455. The molecule has 72 valence electrons. The first kappa shape index (κ1) is 10.5. The highest BCUT2D eigenvalue weighted by Gasteiger charge is 1.93. The molecule has 1 aromatic carbocycles. The van der Waals surface area contributed by atoms with Gasteiger partial charge in [-0.15, -0.1) is 0 Å². The summed E-state index contributed by atoms with van der Waals surface area (Å²) < 4.78 is 5.53. The van der Waals surface area contributed by atoms with Crippen molar-refractivity contribution in [2.75, 3.05) is 18.6 Å². The van der Waals surface area contributed by atoms with Gasteiger partial charge < -0.3 is 4.74 Å². The van der Waals surface area contributed by atoms with Gasteiger partial charge in [0.1, 0.15) is 5.75 Å². The molecule has 0 aliphatic carbocycles. The molecule has 0 N–H and O–H groups in total. The number of ether oxygens (including phenoxy) is 1. The van der Waals surface area contributed by atoms with Gasteiger partial charge in [0, 0.05) is 5.75 Å². The molecule has 1 rings (SSSR count). The summed E-state index contributed by atoms with van der Waals surface area (Å²) in [4.78, 5) is 0. The summed E-state index contributed by atoms with van der Waals surface area (Å²) in [6, 6.07) is 8.32. The average molecular weight is 196 g/mol. The quantitative estimate of drug-likeness (QED) is 0.670. The van der Waals surface area contributed by atoms with Gasteiger partial charge in [-0.3, -0.25) is 0 Å². The summed E-state index contributed by atoms with van der Waals surface area (Å²) in [5.41, 5.74) is 1.36. The van der Waals surface area contributed by atoms with Crippen molar-refractivity contribution in [3.63, 3.8) is 0 Å². The normalized spacial score (nSPS) is 10.0. The lowest BCUT2D eigenvalue weighted by atomic mass is 10.2. The van der Waals surface area contributed by atoms with E-state index in [1.54, 1.807) is 11.8 Å². The van der Waals surface area contributed by atoms with E-state index in [1.807, 2.05) is 12.1 Å². The van der Waals surface area contributed by atoms with Crippen molar-refractivity contribution in [1.29, 1.82) is 0 Å². The van der Waals surface area contributed by atoms with E-state index in [1.165, 1.54) is 5.56 Å². The van der Waals surface area contributed by atoms with Crippen LogP contribution in [0.25, 0.3) is 0 Å². The Hall–Kier alpha value is -0.630. The van der Waals surface area contributed by atoms with Crippen LogP contribution in [0.15, 0.2) is 24.3 Å². The minimum atomic E-state index is 0.798. The van der Waals surface area contributed by atoms with E-state index >= 15 is 0 Å². The maximum Gasteiger partial charge on any atom is 0.119 e. The maximum absolute atomic E-state index is 5.53. The van der Waals surface area contributed by atoms with Gasteiger partial charge in [0.15, 0.2) is 0 Å². The van der Waals surface area contributed by atoms with Crippen LogP contribution < -0.4 is 4.74 Å². The molecule has 1 nitrogen and oxygen atoms in total. The molecule has 0 fully saturated rings. The van der Waals surface area contributed by atoms with Crippen LogP contribution in [0.2, 0.25) is 0 Å². The summed E-state index contributed by atoms with van der Waals surface area (Å²) in [7, 11) is 0. The predicted octanol–water partition coefficient (Wildman–Crippen LogP) is 2.99. The van der Waals surface area contributed by atoms with Crippen LogP contribution >= 0.6 is 11.8 Å². The van der Waals surface area contributed by atoms with Crippen LogP contribution in [0.4, 0.5) is 0 Å². The molecule has 0 atom stereocenters. The van der Waals surface area contributed by atoms with Gasteiger partial charge in [-0.1, -0.05) is 19.1 Å². The fourth-order valence-corrected chi connectivity index (χ4v) is 1.31. The predicted molar refractivity (Wildman–Crippen MR) is 59.7 cm³/mol. The molecule has 1 aromatic rings. The third kappa shape index (κ3) is 3.73. The van der Waals surface area contributed by atoms with Crippen molar-refractivity contribution in [2.24, 2.45) is 0 Å². The Morgan fingerprint density at radius 2 is 1.92 bits per heavy atom. The Morgan fingerprint density at radius 3 is 2.46 bits per heavy atom. The van der Waals surface area contributed by atoms with Gasteiger partial charge >= 0.3 is 0 Å². The standard InChI is InChI=1S/C11H16OS/c1-3-10-4-6-11(7-5-10)12-8-9-13-2/h4-7H,3,8-9H2,1-2H3. The van der Waals surface area contributed by atoms with Gasteiger partial charge in [0.2, 0.25) is 0 Å². The van der Waals surface area contributed by atoms with Crippen LogP contribution in [-0.2, 0) is 6.42 Å². The van der Waals surface area contributed by atoms with E-state index < -0.39 is 0 Å². The number of aryl methyl sites for hydroxylation is 1. The second kappa shape index (κ2) is 5.92. The maximum atomic E-state index is 5.53. The SMILES string of the molecule is CCc1ccc(OCCSC)cc1. The third-order valence-corrected chi connectivity index (χ3v) is 2.46. The Kier molecular flexibility index (Phi) is 4.76. The van der Waals surface area contributed by atoms with Crippen LogP contribution in [0, 0.1) is 0 Å². The topological polar surface area (TPSA) is 9.23 Å². The molecular weight excluding hydrogens is 180 g/mol. The molecule has 0 aliphatic heterocycles. The van der Waals surface area contributed by atoms with Crippen molar-refractivity contribution >= 4 is 11.8 Å². The van der Waals surface area contributed by atoms with Gasteiger partial charge in [0.05, 0.1) is 6.61 Å². The number of benzene rings is 1. The lowest BCUT2D eigenvalue weighted by Gasteiger charge is -2.05. The van der Waals surface area contributed by atoms with E-state index in [2.05, 4.69) is 25.3 Å². The molecule has 2 heteroatoms. The van der Waals surface area contributed by atoms with Crippen molar-refractivity contribution in [3.8, 4) is 5.75 Å². The first-order valence-corrected chi connectivity index (χ1v) is 5.97. The zero-order chi connectivity index (χ0) is 9.52. The highest BCUT2D eigenvalue weighted by Crippen LogP contribution is 2.12. The molecule has 0 radical (unpaired) electrons. The third-order valence-electron chi connectivity index (χ3n) is 1.89. The minimum Gasteiger partial charge on any atom is -0.493 e. The zero-order valence-electron chi connectivity index (χ0n) is 8.25. The molecule has 0 aromatic heterocycles. The van der Waals surface area contributed by atoms with Gasteiger partial charge in [-0.05, 0) is 30.4 Å². The van der Waals surface area contributed by atoms with E-state index in [9.17, 15) is 0 Å². The van der Waals surface area contributed by atoms with Gasteiger partial charge in [-0.2, -0.15) is 11.8 Å².